The third-order valence-electron chi connectivity index (χ3n) is 19.0. The Morgan fingerprint density at radius 3 is 2.04 bits per heavy atom. The van der Waals surface area contributed by atoms with E-state index in [1.54, 1.807) is 0 Å². The number of benzene rings is 7. The first kappa shape index (κ1) is 40.1. The van der Waals surface area contributed by atoms with Crippen LogP contribution in [0.25, 0.3) is 27.5 Å². The first-order valence-corrected chi connectivity index (χ1v) is 25.4. The van der Waals surface area contributed by atoms with Crippen LogP contribution >= 0.6 is 0 Å². The first-order valence-electron chi connectivity index (χ1n) is 25.4. The molecule has 2 aliphatic carbocycles. The van der Waals surface area contributed by atoms with E-state index in [1.165, 1.54) is 118 Å². The molecule has 3 nitrogen and oxygen atoms in total. The summed E-state index contributed by atoms with van der Waals surface area (Å²) >= 11 is 0. The van der Waals surface area contributed by atoms with E-state index in [1.807, 2.05) is 0 Å². The van der Waals surface area contributed by atoms with Gasteiger partial charge in [0.05, 0.1) is 16.6 Å². The van der Waals surface area contributed by atoms with Crippen molar-refractivity contribution in [1.29, 1.82) is 0 Å². The molecule has 8 aromatic rings. The maximum Gasteiger partial charge on any atom is 0.252 e. The molecule has 0 N–H and O–H groups in total. The van der Waals surface area contributed by atoms with E-state index in [2.05, 4.69) is 216 Å². The topological polar surface area (TPSA) is 11.4 Å². The Bertz CT molecular complexity index is 3470. The molecule has 0 bridgehead atoms. The van der Waals surface area contributed by atoms with E-state index in [0.29, 0.717) is 0 Å². The van der Waals surface area contributed by atoms with Gasteiger partial charge in [0, 0.05) is 55.6 Å². The van der Waals surface area contributed by atoms with Gasteiger partial charge < -0.3 is 14.4 Å². The lowest BCUT2D eigenvalue weighted by atomic mass is 9.33. The molecule has 67 heavy (non-hydrogen) atoms. The van der Waals surface area contributed by atoms with Gasteiger partial charge in [0.25, 0.3) is 6.71 Å². The van der Waals surface area contributed by atoms with Gasteiger partial charge in [-0.1, -0.05) is 177 Å². The van der Waals surface area contributed by atoms with Gasteiger partial charge in [-0.05, 0) is 130 Å². The molecule has 5 heterocycles. The van der Waals surface area contributed by atoms with Crippen LogP contribution in [0.1, 0.15) is 133 Å². The van der Waals surface area contributed by atoms with Crippen LogP contribution in [0, 0.1) is 0 Å². The number of nitrogens with zero attached hydrogens (tertiary/aromatic N) is 3. The highest BCUT2D eigenvalue weighted by Gasteiger charge is 2.65. The summed E-state index contributed by atoms with van der Waals surface area (Å²) in [6, 6.07) is 55.8. The number of hydrogen-bond acceptors (Lipinski definition) is 2. The van der Waals surface area contributed by atoms with Crippen LogP contribution in [-0.4, -0.2) is 16.8 Å². The zero-order valence-electron chi connectivity index (χ0n) is 40.9. The average molecular weight is 872 g/mol. The molecule has 0 radical (unpaired) electrons. The summed E-state index contributed by atoms with van der Waals surface area (Å²) in [5, 5.41) is 2.68. The molecule has 1 aromatic heterocycles. The summed E-state index contributed by atoms with van der Waals surface area (Å²) in [5.74, 6) is 0. The first-order chi connectivity index (χ1) is 32.1. The molecule has 14 rings (SSSR count). The Morgan fingerprint density at radius 1 is 0.537 bits per heavy atom. The van der Waals surface area contributed by atoms with Crippen molar-refractivity contribution in [3.05, 3.63) is 178 Å². The number of fused-ring (bicyclic) bond motifs is 15. The summed E-state index contributed by atoms with van der Waals surface area (Å²) in [7, 11) is 0. The van der Waals surface area contributed by atoms with E-state index in [4.69, 9.17) is 0 Å². The molecule has 0 saturated heterocycles. The second-order valence-electron chi connectivity index (χ2n) is 24.1. The normalized spacial score (nSPS) is 25.2. The monoisotopic (exact) mass is 872 g/mol. The average Bonchev–Trinajstić information content (AvgIpc) is 3.86. The van der Waals surface area contributed by atoms with E-state index < -0.39 is 0 Å². The molecule has 0 spiro atoms. The van der Waals surface area contributed by atoms with Crippen molar-refractivity contribution < 1.29 is 0 Å². The standard InChI is InChI=1S/C63H62BN3/c1-58(2,3)41-28-29-52-47(34-41)63(40-21-11-10-12-22-40)32-18-17-31-61(63,8)66(52)43-37-53-55-54(38-43)67-57-48(60(7)33-30-39-20-13-15-25-46(39)62(60,67)9)35-42(59(4,5)6)36-50(57)64(55)49-26-19-24-45-44-23-14-16-27-51(44)65(53)56(45)49/h10-16,19-29,34-38H,17-18,30-33H2,1-9H3. The Morgan fingerprint density at radius 2 is 1.24 bits per heavy atom. The fourth-order valence-electron chi connectivity index (χ4n) is 15.5. The lowest BCUT2D eigenvalue weighted by Crippen LogP contribution is -2.63. The number of aryl methyl sites for hydroxylation is 1. The van der Waals surface area contributed by atoms with Crippen LogP contribution in [0.15, 0.2) is 140 Å². The Labute approximate surface area is 397 Å². The van der Waals surface area contributed by atoms with Gasteiger partial charge in [0.1, 0.15) is 0 Å². The molecular weight excluding hydrogens is 810 g/mol. The maximum absolute atomic E-state index is 2.92. The SMILES string of the molecule is CC(C)(C)c1cc2c3c(c1)C1(C)CCc4ccccc4C1(C)N3c1cc(N3c4ccc(C(C)(C)C)cc4C4(c5ccccc5)CCCCC34C)cc3c1B2c1cccc2c4ccccc4n-3c12. The predicted octanol–water partition coefficient (Wildman–Crippen LogP) is 13.6. The predicted molar refractivity (Wildman–Crippen MR) is 284 cm³/mol. The highest BCUT2D eigenvalue weighted by Crippen LogP contribution is 2.67. The Hall–Kier alpha value is -6.00. The zero-order chi connectivity index (χ0) is 45.8. The maximum atomic E-state index is 2.92. The number of hydrogen-bond donors (Lipinski definition) is 0. The van der Waals surface area contributed by atoms with Crippen molar-refractivity contribution in [2.45, 2.75) is 134 Å². The van der Waals surface area contributed by atoms with Gasteiger partial charge in [-0.25, -0.2) is 0 Å². The largest absolute Gasteiger partial charge is 0.334 e. The van der Waals surface area contributed by atoms with Crippen LogP contribution in [-0.2, 0) is 33.6 Å². The molecule has 6 aliphatic rings. The minimum absolute atomic E-state index is 0.0164. The minimum atomic E-state index is -0.328. The molecule has 4 atom stereocenters. The molecule has 332 valence electrons. The summed E-state index contributed by atoms with van der Waals surface area (Å²) in [5.41, 5.74) is 23.3. The second kappa shape index (κ2) is 12.8. The van der Waals surface area contributed by atoms with E-state index in [9.17, 15) is 0 Å². The molecule has 0 amide bonds. The zero-order valence-corrected chi connectivity index (χ0v) is 40.9. The fourth-order valence-corrected chi connectivity index (χ4v) is 15.5. The summed E-state index contributed by atoms with van der Waals surface area (Å²) in [6.45, 7) is 22.4. The number of para-hydroxylation sites is 2. The quantitative estimate of drug-likeness (QED) is 0.160. The van der Waals surface area contributed by atoms with Crippen LogP contribution in [0.4, 0.5) is 22.7 Å². The molecule has 7 aromatic carbocycles. The Kier molecular flexibility index (Phi) is 7.63. The van der Waals surface area contributed by atoms with Crippen molar-refractivity contribution in [1.82, 2.24) is 4.57 Å². The summed E-state index contributed by atoms with van der Waals surface area (Å²) in [6.07, 6.45) is 6.88. The number of anilines is 4. The van der Waals surface area contributed by atoms with Crippen LogP contribution in [0.5, 0.6) is 0 Å². The van der Waals surface area contributed by atoms with Crippen LogP contribution in [0.2, 0.25) is 0 Å². The van der Waals surface area contributed by atoms with Crippen LogP contribution in [0.3, 0.4) is 0 Å². The third kappa shape index (κ3) is 4.67. The van der Waals surface area contributed by atoms with Gasteiger partial charge in [-0.2, -0.15) is 0 Å². The van der Waals surface area contributed by atoms with Gasteiger partial charge >= 0.3 is 0 Å². The highest BCUT2D eigenvalue weighted by molar-refractivity contribution is 7.00. The summed E-state index contributed by atoms with van der Waals surface area (Å²) in [4.78, 5) is 5.80. The van der Waals surface area contributed by atoms with Crippen molar-refractivity contribution in [3.8, 4) is 5.69 Å². The van der Waals surface area contributed by atoms with Crippen molar-refractivity contribution in [2.24, 2.45) is 0 Å². The van der Waals surface area contributed by atoms with Crippen LogP contribution < -0.4 is 26.2 Å². The van der Waals surface area contributed by atoms with E-state index in [-0.39, 0.29) is 39.5 Å². The van der Waals surface area contributed by atoms with Crippen molar-refractivity contribution in [2.75, 3.05) is 9.80 Å². The minimum Gasteiger partial charge on any atom is -0.334 e. The van der Waals surface area contributed by atoms with E-state index >= 15 is 0 Å². The molecule has 4 heteroatoms. The number of rotatable bonds is 2. The lowest BCUT2D eigenvalue weighted by Gasteiger charge is -2.54. The highest BCUT2D eigenvalue weighted by atomic mass is 15.3. The molecule has 1 fully saturated rings. The Balaban J connectivity index is 1.15. The number of aromatic nitrogens is 1. The van der Waals surface area contributed by atoms with Gasteiger partial charge in [-0.15, -0.1) is 0 Å². The third-order valence-corrected chi connectivity index (χ3v) is 19.0. The summed E-state index contributed by atoms with van der Waals surface area (Å²) < 4.78 is 2.69. The van der Waals surface area contributed by atoms with Gasteiger partial charge in [-0.3, -0.25) is 0 Å². The van der Waals surface area contributed by atoms with Gasteiger partial charge in [0.2, 0.25) is 0 Å². The molecular formula is C63H62BN3. The smallest absolute Gasteiger partial charge is 0.252 e. The molecule has 4 aliphatic heterocycles. The van der Waals surface area contributed by atoms with Gasteiger partial charge in [0.15, 0.2) is 0 Å². The molecule has 4 unspecified atom stereocenters. The van der Waals surface area contributed by atoms with Crippen molar-refractivity contribution >= 4 is 67.7 Å². The van der Waals surface area contributed by atoms with E-state index in [0.717, 1.165) is 25.7 Å². The second-order valence-corrected chi connectivity index (χ2v) is 24.1. The lowest BCUT2D eigenvalue weighted by molar-refractivity contribution is 0.215. The fraction of sp³-hybridized carbons (Fsp3) is 0.333. The molecule has 1 saturated carbocycles. The van der Waals surface area contributed by atoms with Crippen molar-refractivity contribution in [3.63, 3.8) is 0 Å².